The smallest absolute Gasteiger partial charge is 0.128 e. The summed E-state index contributed by atoms with van der Waals surface area (Å²) in [4.78, 5) is 4.04. The Morgan fingerprint density at radius 3 is 2.30 bits per heavy atom. The van der Waals surface area contributed by atoms with Gasteiger partial charge in [-0.1, -0.05) is 12.1 Å². The molecule has 2 N–H and O–H groups in total. The van der Waals surface area contributed by atoms with Gasteiger partial charge in [-0.25, -0.2) is 0 Å². The molecule has 2 rings (SSSR count). The van der Waals surface area contributed by atoms with Crippen LogP contribution in [0, 0.1) is 0 Å². The maximum absolute atomic E-state index is 6.09. The van der Waals surface area contributed by atoms with Crippen molar-refractivity contribution in [3.05, 3.63) is 59.9 Å². The van der Waals surface area contributed by atoms with Crippen molar-refractivity contribution in [3.8, 4) is 5.75 Å². The molecule has 0 unspecified atom stereocenters. The third-order valence-corrected chi connectivity index (χ3v) is 3.34. The number of pyridine rings is 1. The van der Waals surface area contributed by atoms with Crippen LogP contribution in [0.25, 0.3) is 0 Å². The second-order valence-corrected chi connectivity index (χ2v) is 5.38. The topological polar surface area (TPSA) is 48.1 Å². The van der Waals surface area contributed by atoms with E-state index >= 15 is 0 Å². The van der Waals surface area contributed by atoms with Gasteiger partial charge in [-0.3, -0.25) is 4.98 Å². The Hall–Kier alpha value is -1.87. The summed E-state index contributed by atoms with van der Waals surface area (Å²) in [5.74, 6) is 0.878. The molecule has 1 aromatic carbocycles. The second kappa shape index (κ2) is 6.53. The normalized spacial score (nSPS) is 11.3. The van der Waals surface area contributed by atoms with Crippen molar-refractivity contribution in [2.24, 2.45) is 5.73 Å². The molecule has 0 radical (unpaired) electrons. The van der Waals surface area contributed by atoms with Crippen LogP contribution in [0.5, 0.6) is 5.75 Å². The average Bonchev–Trinajstić information content (AvgIpc) is 2.47. The molecule has 3 nitrogen and oxygen atoms in total. The summed E-state index contributed by atoms with van der Waals surface area (Å²) in [6, 6.07) is 12.2. The van der Waals surface area contributed by atoms with Crippen LogP contribution < -0.4 is 10.5 Å². The lowest BCUT2D eigenvalue weighted by atomic mass is 9.99. The summed E-state index contributed by atoms with van der Waals surface area (Å²) in [5, 5.41) is 0. The first-order valence-corrected chi connectivity index (χ1v) is 7.00. The van der Waals surface area contributed by atoms with Crippen LogP contribution >= 0.6 is 0 Å². The van der Waals surface area contributed by atoms with E-state index in [4.69, 9.17) is 10.5 Å². The van der Waals surface area contributed by atoms with Crippen LogP contribution in [0.2, 0.25) is 0 Å². The van der Waals surface area contributed by atoms with Gasteiger partial charge < -0.3 is 10.5 Å². The van der Waals surface area contributed by atoms with Crippen LogP contribution in [-0.2, 0) is 12.0 Å². The zero-order chi connectivity index (χ0) is 14.4. The van der Waals surface area contributed by atoms with E-state index in [2.05, 4.69) is 31.0 Å². The SMILES string of the molecule is CC(C)(Oc1ccc(CCCN)cc1)c1ccncc1. The molecule has 1 aromatic heterocycles. The standard InChI is InChI=1S/C17H22N2O/c1-17(2,15-9-12-19-13-10-15)20-16-7-5-14(6-8-16)4-3-11-18/h5-10,12-13H,3-4,11,18H2,1-2H3. The van der Waals surface area contributed by atoms with Crippen molar-refractivity contribution in [2.45, 2.75) is 32.3 Å². The molecule has 2 aromatic rings. The first-order chi connectivity index (χ1) is 9.62. The largest absolute Gasteiger partial charge is 0.483 e. The number of aryl methyl sites for hydroxylation is 1. The summed E-state index contributed by atoms with van der Waals surface area (Å²) in [5.41, 5.74) is 7.56. The molecule has 0 fully saturated rings. The van der Waals surface area contributed by atoms with E-state index in [1.807, 2.05) is 24.3 Å². The van der Waals surface area contributed by atoms with Gasteiger partial charge in [-0.05, 0) is 68.6 Å². The predicted octanol–water partition coefficient (Wildman–Crippen LogP) is 3.29. The van der Waals surface area contributed by atoms with Gasteiger partial charge in [0.2, 0.25) is 0 Å². The monoisotopic (exact) mass is 270 g/mol. The Morgan fingerprint density at radius 2 is 1.70 bits per heavy atom. The summed E-state index contributed by atoms with van der Waals surface area (Å²) in [6.45, 7) is 4.85. The molecular formula is C17H22N2O. The molecule has 1 heterocycles. The van der Waals surface area contributed by atoms with Gasteiger partial charge in [0, 0.05) is 12.4 Å². The minimum absolute atomic E-state index is 0.373. The molecule has 0 saturated carbocycles. The highest BCUT2D eigenvalue weighted by Gasteiger charge is 2.22. The third-order valence-electron chi connectivity index (χ3n) is 3.34. The minimum atomic E-state index is -0.373. The Kier molecular flexibility index (Phi) is 4.74. The van der Waals surface area contributed by atoms with Gasteiger partial charge in [0.05, 0.1) is 0 Å². The Bertz CT molecular complexity index is 520. The molecular weight excluding hydrogens is 248 g/mol. The lowest BCUT2D eigenvalue weighted by molar-refractivity contribution is 0.108. The Balaban J connectivity index is 2.06. The van der Waals surface area contributed by atoms with Crippen molar-refractivity contribution < 1.29 is 4.74 Å². The van der Waals surface area contributed by atoms with Crippen LogP contribution in [0.1, 0.15) is 31.4 Å². The van der Waals surface area contributed by atoms with E-state index in [0.29, 0.717) is 0 Å². The zero-order valence-electron chi connectivity index (χ0n) is 12.2. The van der Waals surface area contributed by atoms with Crippen LogP contribution in [-0.4, -0.2) is 11.5 Å². The van der Waals surface area contributed by atoms with Gasteiger partial charge in [-0.15, -0.1) is 0 Å². The zero-order valence-corrected chi connectivity index (χ0v) is 12.2. The highest BCUT2D eigenvalue weighted by Crippen LogP contribution is 2.27. The molecule has 106 valence electrons. The summed E-state index contributed by atoms with van der Waals surface area (Å²) in [7, 11) is 0. The van der Waals surface area contributed by atoms with Crippen molar-refractivity contribution in [1.29, 1.82) is 0 Å². The molecule has 0 aliphatic rings. The average molecular weight is 270 g/mol. The minimum Gasteiger partial charge on any atom is -0.483 e. The molecule has 0 saturated heterocycles. The van der Waals surface area contributed by atoms with Gasteiger partial charge in [0.25, 0.3) is 0 Å². The van der Waals surface area contributed by atoms with E-state index in [9.17, 15) is 0 Å². The Labute approximate surface area is 120 Å². The van der Waals surface area contributed by atoms with Gasteiger partial charge >= 0.3 is 0 Å². The highest BCUT2D eigenvalue weighted by molar-refractivity contribution is 5.29. The van der Waals surface area contributed by atoms with Crippen molar-refractivity contribution in [3.63, 3.8) is 0 Å². The van der Waals surface area contributed by atoms with E-state index in [1.54, 1.807) is 12.4 Å². The van der Waals surface area contributed by atoms with E-state index in [-0.39, 0.29) is 5.60 Å². The number of aromatic nitrogens is 1. The number of nitrogens with zero attached hydrogens (tertiary/aromatic N) is 1. The highest BCUT2D eigenvalue weighted by atomic mass is 16.5. The number of rotatable bonds is 6. The Morgan fingerprint density at radius 1 is 1.05 bits per heavy atom. The first-order valence-electron chi connectivity index (χ1n) is 7.00. The molecule has 0 amide bonds. The number of hydrogen-bond donors (Lipinski definition) is 1. The summed E-state index contributed by atoms with van der Waals surface area (Å²) < 4.78 is 6.09. The second-order valence-electron chi connectivity index (χ2n) is 5.38. The summed E-state index contributed by atoms with van der Waals surface area (Å²) >= 11 is 0. The molecule has 0 bridgehead atoms. The molecule has 0 spiro atoms. The fourth-order valence-electron chi connectivity index (χ4n) is 2.14. The molecule has 0 atom stereocenters. The number of benzene rings is 1. The molecule has 3 heteroatoms. The maximum atomic E-state index is 6.09. The van der Waals surface area contributed by atoms with Crippen LogP contribution in [0.15, 0.2) is 48.8 Å². The quantitative estimate of drug-likeness (QED) is 0.876. The maximum Gasteiger partial charge on any atom is 0.128 e. The number of nitrogens with two attached hydrogens (primary N) is 1. The molecule has 20 heavy (non-hydrogen) atoms. The van der Waals surface area contributed by atoms with Crippen LogP contribution in [0.4, 0.5) is 0 Å². The first kappa shape index (κ1) is 14.5. The molecule has 0 aliphatic heterocycles. The van der Waals surface area contributed by atoms with Gasteiger partial charge in [0.15, 0.2) is 0 Å². The fourth-order valence-corrected chi connectivity index (χ4v) is 2.14. The third kappa shape index (κ3) is 3.81. The van der Waals surface area contributed by atoms with Crippen molar-refractivity contribution in [2.75, 3.05) is 6.54 Å². The predicted molar refractivity (Wildman–Crippen MR) is 81.7 cm³/mol. The lowest BCUT2D eigenvalue weighted by Crippen LogP contribution is -2.25. The van der Waals surface area contributed by atoms with Crippen LogP contribution in [0.3, 0.4) is 0 Å². The van der Waals surface area contributed by atoms with E-state index in [1.165, 1.54) is 5.56 Å². The number of hydrogen-bond acceptors (Lipinski definition) is 3. The van der Waals surface area contributed by atoms with Crippen molar-refractivity contribution >= 4 is 0 Å². The van der Waals surface area contributed by atoms with E-state index in [0.717, 1.165) is 30.7 Å². The summed E-state index contributed by atoms with van der Waals surface area (Å²) in [6.07, 6.45) is 5.61. The van der Waals surface area contributed by atoms with Gasteiger partial charge in [0.1, 0.15) is 11.4 Å². The number of ether oxygens (including phenoxy) is 1. The lowest BCUT2D eigenvalue weighted by Gasteiger charge is -2.27. The van der Waals surface area contributed by atoms with E-state index < -0.39 is 0 Å². The molecule has 0 aliphatic carbocycles. The van der Waals surface area contributed by atoms with Gasteiger partial charge in [-0.2, -0.15) is 0 Å². The van der Waals surface area contributed by atoms with Crippen molar-refractivity contribution in [1.82, 2.24) is 4.98 Å². The fraction of sp³-hybridized carbons (Fsp3) is 0.353.